The summed E-state index contributed by atoms with van der Waals surface area (Å²) in [6.07, 6.45) is 5.61. The van der Waals surface area contributed by atoms with Gasteiger partial charge in [0.2, 0.25) is 5.91 Å². The molecule has 0 spiro atoms. The molecule has 1 aliphatic carbocycles. The van der Waals surface area contributed by atoms with Crippen LogP contribution >= 0.6 is 0 Å². The molecule has 1 aliphatic rings. The first-order valence-electron chi connectivity index (χ1n) is 9.16. The molecule has 0 atom stereocenters. The van der Waals surface area contributed by atoms with Crippen LogP contribution < -0.4 is 10.1 Å². The van der Waals surface area contributed by atoms with Gasteiger partial charge in [-0.1, -0.05) is 19.4 Å². The average Bonchev–Trinajstić information content (AvgIpc) is 3.05. The second-order valence-corrected chi connectivity index (χ2v) is 7.16. The number of ether oxygens (including phenoxy) is 1. The third-order valence-corrected chi connectivity index (χ3v) is 5.64. The van der Waals surface area contributed by atoms with Crippen LogP contribution in [0.15, 0.2) is 24.4 Å². The van der Waals surface area contributed by atoms with Gasteiger partial charge in [0.1, 0.15) is 11.3 Å². The zero-order valence-corrected chi connectivity index (χ0v) is 15.3. The van der Waals surface area contributed by atoms with Gasteiger partial charge in [-0.3, -0.25) is 4.79 Å². The first kappa shape index (κ1) is 18.3. The molecule has 140 valence electrons. The summed E-state index contributed by atoms with van der Waals surface area (Å²) < 4.78 is 5.39. The maximum Gasteiger partial charge on any atom is 0.329 e. The predicted octanol–water partition coefficient (Wildman–Crippen LogP) is 3.26. The van der Waals surface area contributed by atoms with Gasteiger partial charge in [-0.25, -0.2) is 4.79 Å². The highest BCUT2D eigenvalue weighted by molar-refractivity contribution is 5.94. The van der Waals surface area contributed by atoms with Crippen molar-refractivity contribution in [1.82, 2.24) is 10.3 Å². The molecule has 2 aromatic rings. The highest BCUT2D eigenvalue weighted by atomic mass is 16.5. The highest BCUT2D eigenvalue weighted by Gasteiger charge is 2.42. The lowest BCUT2D eigenvalue weighted by Gasteiger charge is -2.37. The minimum atomic E-state index is -1.14. The van der Waals surface area contributed by atoms with Crippen molar-refractivity contribution in [3.63, 3.8) is 0 Å². The second kappa shape index (κ2) is 7.40. The molecule has 0 aliphatic heterocycles. The van der Waals surface area contributed by atoms with E-state index in [2.05, 4.69) is 17.2 Å². The zero-order valence-electron chi connectivity index (χ0n) is 15.3. The Hall–Kier alpha value is -2.50. The Morgan fingerprint density at radius 1 is 1.35 bits per heavy atom. The number of hydrogen-bond donors (Lipinski definition) is 3. The van der Waals surface area contributed by atoms with E-state index in [1.54, 1.807) is 13.3 Å². The lowest BCUT2D eigenvalue weighted by molar-refractivity contribution is -0.149. The fourth-order valence-electron chi connectivity index (χ4n) is 3.98. The minimum absolute atomic E-state index is 0.118. The molecule has 0 radical (unpaired) electrons. The third-order valence-electron chi connectivity index (χ3n) is 5.64. The summed E-state index contributed by atoms with van der Waals surface area (Å²) >= 11 is 0. The number of aromatic nitrogens is 1. The molecule has 6 heteroatoms. The van der Waals surface area contributed by atoms with E-state index in [9.17, 15) is 14.7 Å². The van der Waals surface area contributed by atoms with Crippen LogP contribution in [-0.4, -0.2) is 34.6 Å². The predicted molar refractivity (Wildman–Crippen MR) is 99.3 cm³/mol. The third kappa shape index (κ3) is 3.41. The molecule has 0 saturated heterocycles. The van der Waals surface area contributed by atoms with Crippen molar-refractivity contribution in [3.8, 4) is 5.75 Å². The summed E-state index contributed by atoms with van der Waals surface area (Å²) in [5, 5.41) is 13.4. The summed E-state index contributed by atoms with van der Waals surface area (Å²) in [6, 6.07) is 5.65. The number of H-pyrrole nitrogens is 1. The Kier molecular flexibility index (Phi) is 5.20. The van der Waals surface area contributed by atoms with Crippen LogP contribution in [-0.2, 0) is 16.0 Å². The number of carboxylic acid groups (broad SMARTS) is 1. The molecule has 1 saturated carbocycles. The molecule has 1 aromatic heterocycles. The van der Waals surface area contributed by atoms with E-state index in [0.717, 1.165) is 35.7 Å². The van der Waals surface area contributed by atoms with Crippen LogP contribution in [0.1, 0.15) is 44.6 Å². The van der Waals surface area contributed by atoms with Crippen molar-refractivity contribution >= 4 is 22.8 Å². The number of carboxylic acids is 1. The molecule has 26 heavy (non-hydrogen) atoms. The van der Waals surface area contributed by atoms with Crippen molar-refractivity contribution < 1.29 is 19.4 Å². The number of amides is 1. The molecule has 1 fully saturated rings. The lowest BCUT2D eigenvalue weighted by Crippen LogP contribution is -2.56. The van der Waals surface area contributed by atoms with Gasteiger partial charge in [-0.15, -0.1) is 0 Å². The van der Waals surface area contributed by atoms with E-state index in [1.807, 2.05) is 18.2 Å². The van der Waals surface area contributed by atoms with Gasteiger partial charge in [-0.2, -0.15) is 0 Å². The quantitative estimate of drug-likeness (QED) is 0.739. The normalized spacial score (nSPS) is 22.9. The molecule has 3 N–H and O–H groups in total. The Morgan fingerprint density at radius 3 is 2.69 bits per heavy atom. The smallest absolute Gasteiger partial charge is 0.329 e. The number of rotatable bonds is 6. The van der Waals surface area contributed by atoms with Gasteiger partial charge in [0, 0.05) is 17.1 Å². The van der Waals surface area contributed by atoms with E-state index >= 15 is 0 Å². The molecule has 0 unspecified atom stereocenters. The minimum Gasteiger partial charge on any atom is -0.496 e. The van der Waals surface area contributed by atoms with Crippen LogP contribution in [0, 0.1) is 5.92 Å². The Balaban J connectivity index is 1.77. The van der Waals surface area contributed by atoms with Crippen molar-refractivity contribution in [2.45, 2.75) is 51.0 Å². The molecule has 1 heterocycles. The largest absolute Gasteiger partial charge is 0.496 e. The van der Waals surface area contributed by atoms with Crippen molar-refractivity contribution in [3.05, 3.63) is 30.0 Å². The van der Waals surface area contributed by atoms with Gasteiger partial charge in [-0.05, 0) is 49.3 Å². The number of carbonyl (C=O) groups excluding carboxylic acids is 1. The van der Waals surface area contributed by atoms with Gasteiger partial charge < -0.3 is 20.1 Å². The van der Waals surface area contributed by atoms with Gasteiger partial charge in [0.15, 0.2) is 0 Å². The summed E-state index contributed by atoms with van der Waals surface area (Å²) in [4.78, 5) is 27.7. The molecular formula is C20H26N2O4. The van der Waals surface area contributed by atoms with E-state index < -0.39 is 11.5 Å². The van der Waals surface area contributed by atoms with E-state index in [1.165, 1.54) is 0 Å². The van der Waals surface area contributed by atoms with Crippen molar-refractivity contribution in [2.24, 2.45) is 5.92 Å². The number of aromatic amines is 1. The molecule has 6 nitrogen and oxygen atoms in total. The first-order valence-corrected chi connectivity index (χ1v) is 9.16. The zero-order chi connectivity index (χ0) is 18.7. The van der Waals surface area contributed by atoms with E-state index in [0.29, 0.717) is 24.5 Å². The number of aliphatic carboxylic acids is 1. The van der Waals surface area contributed by atoms with Crippen LogP contribution in [0.3, 0.4) is 0 Å². The van der Waals surface area contributed by atoms with Gasteiger partial charge in [0.05, 0.1) is 13.5 Å². The number of benzene rings is 1. The summed E-state index contributed by atoms with van der Waals surface area (Å²) in [6.45, 7) is 2.13. The molecule has 0 bridgehead atoms. The SMILES string of the molecule is CCC1CCC(NC(=O)Cc2c[nH]c3cccc(OC)c23)(C(=O)O)CC1. The Morgan fingerprint density at radius 2 is 2.08 bits per heavy atom. The summed E-state index contributed by atoms with van der Waals surface area (Å²) in [5.74, 6) is 0.0475. The molecule has 3 rings (SSSR count). The van der Waals surface area contributed by atoms with Crippen LogP contribution in [0.25, 0.3) is 10.9 Å². The van der Waals surface area contributed by atoms with Crippen LogP contribution in [0.4, 0.5) is 0 Å². The number of fused-ring (bicyclic) bond motifs is 1. The second-order valence-electron chi connectivity index (χ2n) is 7.16. The van der Waals surface area contributed by atoms with Crippen molar-refractivity contribution in [1.29, 1.82) is 0 Å². The van der Waals surface area contributed by atoms with E-state index in [-0.39, 0.29) is 12.3 Å². The van der Waals surface area contributed by atoms with Gasteiger partial charge in [0.25, 0.3) is 0 Å². The fraction of sp³-hybridized carbons (Fsp3) is 0.500. The lowest BCUT2D eigenvalue weighted by atomic mass is 9.75. The van der Waals surface area contributed by atoms with E-state index in [4.69, 9.17) is 4.74 Å². The number of methoxy groups -OCH3 is 1. The monoisotopic (exact) mass is 358 g/mol. The fourth-order valence-corrected chi connectivity index (χ4v) is 3.98. The molecular weight excluding hydrogens is 332 g/mol. The molecule has 1 amide bonds. The summed E-state index contributed by atoms with van der Waals surface area (Å²) in [7, 11) is 1.59. The molecule has 1 aromatic carbocycles. The number of hydrogen-bond acceptors (Lipinski definition) is 3. The topological polar surface area (TPSA) is 91.4 Å². The van der Waals surface area contributed by atoms with Crippen LogP contribution in [0.2, 0.25) is 0 Å². The van der Waals surface area contributed by atoms with Gasteiger partial charge >= 0.3 is 5.97 Å². The summed E-state index contributed by atoms with van der Waals surface area (Å²) in [5.41, 5.74) is 0.556. The number of nitrogens with one attached hydrogen (secondary N) is 2. The first-order chi connectivity index (χ1) is 12.5. The standard InChI is InChI=1S/C20H26N2O4/c1-3-13-7-9-20(10-8-13,19(24)25)22-17(23)11-14-12-21-15-5-4-6-16(26-2)18(14)15/h4-6,12-13,21H,3,7-11H2,1-2H3,(H,22,23)(H,24,25). The average molecular weight is 358 g/mol. The number of carbonyl (C=O) groups is 2. The Bertz CT molecular complexity index is 803. The maximum absolute atomic E-state index is 12.7. The Labute approximate surface area is 152 Å². The van der Waals surface area contributed by atoms with Crippen LogP contribution in [0.5, 0.6) is 5.75 Å². The van der Waals surface area contributed by atoms with Crippen molar-refractivity contribution in [2.75, 3.05) is 7.11 Å². The highest BCUT2D eigenvalue weighted by Crippen LogP contribution is 2.34. The maximum atomic E-state index is 12.7.